The molecule has 0 aliphatic carbocycles. The van der Waals surface area contributed by atoms with Crippen LogP contribution in [-0.2, 0) is 6.54 Å². The van der Waals surface area contributed by atoms with Crippen molar-refractivity contribution in [3.63, 3.8) is 0 Å². The molecule has 5 nitrogen and oxygen atoms in total. The lowest BCUT2D eigenvalue weighted by Crippen LogP contribution is -2.37. The van der Waals surface area contributed by atoms with Gasteiger partial charge >= 0.3 is 0 Å². The Labute approximate surface area is 113 Å². The zero-order valence-corrected chi connectivity index (χ0v) is 11.4. The molecule has 0 unspecified atom stereocenters. The van der Waals surface area contributed by atoms with E-state index >= 15 is 0 Å². The van der Waals surface area contributed by atoms with Crippen molar-refractivity contribution in [2.75, 3.05) is 26.7 Å². The van der Waals surface area contributed by atoms with E-state index in [0.717, 1.165) is 43.5 Å². The van der Waals surface area contributed by atoms with E-state index in [1.54, 1.807) is 0 Å². The number of rotatable bonds is 3. The summed E-state index contributed by atoms with van der Waals surface area (Å²) in [5, 5.41) is 3.39. The van der Waals surface area contributed by atoms with Gasteiger partial charge in [0.05, 0.1) is 17.6 Å². The van der Waals surface area contributed by atoms with Gasteiger partial charge in [-0.15, -0.1) is 0 Å². The highest BCUT2D eigenvalue weighted by atomic mass is 15.3. The predicted molar refractivity (Wildman–Crippen MR) is 77.4 cm³/mol. The van der Waals surface area contributed by atoms with E-state index in [2.05, 4.69) is 56.9 Å². The first kappa shape index (κ1) is 12.0. The van der Waals surface area contributed by atoms with E-state index in [1.165, 1.54) is 5.52 Å². The van der Waals surface area contributed by atoms with E-state index in [0.29, 0.717) is 0 Å². The number of hydrogen-bond donors (Lipinski definition) is 1. The smallest absolute Gasteiger partial charge is 0.193 e. The third-order valence-corrected chi connectivity index (χ3v) is 3.52. The van der Waals surface area contributed by atoms with Crippen LogP contribution in [0, 0.1) is 6.92 Å². The van der Waals surface area contributed by atoms with Gasteiger partial charge in [0.15, 0.2) is 5.96 Å². The number of benzene rings is 1. The second kappa shape index (κ2) is 4.91. The van der Waals surface area contributed by atoms with Gasteiger partial charge in [0, 0.05) is 26.7 Å². The molecule has 100 valence electrons. The van der Waals surface area contributed by atoms with Crippen LogP contribution < -0.4 is 5.32 Å². The Bertz CT molecular complexity index is 613. The molecular formula is C14H19N5. The topological polar surface area (TPSA) is 45.5 Å². The quantitative estimate of drug-likeness (QED) is 0.899. The second-order valence-corrected chi connectivity index (χ2v) is 4.85. The van der Waals surface area contributed by atoms with Crippen LogP contribution in [0.25, 0.3) is 11.0 Å². The van der Waals surface area contributed by atoms with Crippen LogP contribution in [0.1, 0.15) is 5.82 Å². The molecule has 2 heterocycles. The molecule has 0 spiro atoms. The molecule has 0 amide bonds. The molecule has 3 rings (SSSR count). The SMILES string of the molecule is Cc1nc2ccccc2n1CCNC1=NCCN1C. The van der Waals surface area contributed by atoms with E-state index in [4.69, 9.17) is 0 Å². The lowest BCUT2D eigenvalue weighted by atomic mass is 10.3. The average Bonchev–Trinajstić information content (AvgIpc) is 2.94. The Balaban J connectivity index is 1.70. The number of nitrogens with one attached hydrogen (secondary N) is 1. The lowest BCUT2D eigenvalue weighted by Gasteiger charge is -2.15. The van der Waals surface area contributed by atoms with Gasteiger partial charge in [-0.25, -0.2) is 4.98 Å². The van der Waals surface area contributed by atoms with Crippen LogP contribution in [0.5, 0.6) is 0 Å². The van der Waals surface area contributed by atoms with E-state index in [9.17, 15) is 0 Å². The van der Waals surface area contributed by atoms with Crippen LogP contribution >= 0.6 is 0 Å². The monoisotopic (exact) mass is 257 g/mol. The fourth-order valence-corrected chi connectivity index (χ4v) is 2.48. The van der Waals surface area contributed by atoms with Crippen molar-refractivity contribution >= 4 is 17.0 Å². The number of aliphatic imine (C=N–C) groups is 1. The highest BCUT2D eigenvalue weighted by Crippen LogP contribution is 2.14. The maximum absolute atomic E-state index is 4.57. The van der Waals surface area contributed by atoms with Gasteiger partial charge in [-0.1, -0.05) is 12.1 Å². The predicted octanol–water partition coefficient (Wildman–Crippen LogP) is 1.24. The molecule has 0 radical (unpaired) electrons. The van der Waals surface area contributed by atoms with Gasteiger partial charge in [-0.3, -0.25) is 4.99 Å². The van der Waals surface area contributed by atoms with Crippen molar-refractivity contribution < 1.29 is 0 Å². The van der Waals surface area contributed by atoms with Gasteiger partial charge in [-0.2, -0.15) is 0 Å². The highest BCUT2D eigenvalue weighted by molar-refractivity contribution is 5.81. The highest BCUT2D eigenvalue weighted by Gasteiger charge is 2.11. The number of para-hydroxylation sites is 2. The Hall–Kier alpha value is -2.04. The Morgan fingerprint density at radius 3 is 2.95 bits per heavy atom. The van der Waals surface area contributed by atoms with Gasteiger partial charge in [0.25, 0.3) is 0 Å². The molecule has 5 heteroatoms. The fourth-order valence-electron chi connectivity index (χ4n) is 2.48. The van der Waals surface area contributed by atoms with Crippen molar-refractivity contribution in [3.8, 4) is 0 Å². The molecule has 1 aliphatic heterocycles. The molecule has 1 aliphatic rings. The third kappa shape index (κ3) is 2.28. The lowest BCUT2D eigenvalue weighted by molar-refractivity contribution is 0.528. The van der Waals surface area contributed by atoms with E-state index in [1.807, 2.05) is 6.07 Å². The first-order valence-electron chi connectivity index (χ1n) is 6.67. The Kier molecular flexibility index (Phi) is 3.11. The average molecular weight is 257 g/mol. The molecule has 1 N–H and O–H groups in total. The molecule has 1 aromatic heterocycles. The largest absolute Gasteiger partial charge is 0.354 e. The number of guanidine groups is 1. The standard InChI is InChI=1S/C14H19N5/c1-11-17-12-5-3-4-6-13(12)19(11)10-8-16-14-15-7-9-18(14)2/h3-6H,7-10H2,1-2H3,(H,15,16). The summed E-state index contributed by atoms with van der Waals surface area (Å²) >= 11 is 0. The molecule has 0 fully saturated rings. The van der Waals surface area contributed by atoms with Gasteiger partial charge in [-0.05, 0) is 19.1 Å². The summed E-state index contributed by atoms with van der Waals surface area (Å²) in [6.45, 7) is 5.73. The molecular weight excluding hydrogens is 238 g/mol. The second-order valence-electron chi connectivity index (χ2n) is 4.85. The summed E-state index contributed by atoms with van der Waals surface area (Å²) in [5.41, 5.74) is 2.26. The first-order chi connectivity index (χ1) is 9.25. The molecule has 2 aromatic rings. The van der Waals surface area contributed by atoms with E-state index in [-0.39, 0.29) is 0 Å². The summed E-state index contributed by atoms with van der Waals surface area (Å²) in [7, 11) is 2.07. The number of hydrogen-bond acceptors (Lipinski definition) is 4. The number of likely N-dealkylation sites (N-methyl/N-ethyl adjacent to an activating group) is 1. The van der Waals surface area contributed by atoms with Crippen molar-refractivity contribution in [1.29, 1.82) is 0 Å². The zero-order valence-electron chi connectivity index (χ0n) is 11.4. The molecule has 1 aromatic carbocycles. The summed E-state index contributed by atoms with van der Waals surface area (Å²) in [6, 6.07) is 8.26. The van der Waals surface area contributed by atoms with Crippen LogP contribution in [0.15, 0.2) is 29.3 Å². The van der Waals surface area contributed by atoms with Crippen molar-refractivity contribution in [1.82, 2.24) is 19.8 Å². The van der Waals surface area contributed by atoms with Gasteiger partial charge < -0.3 is 14.8 Å². The van der Waals surface area contributed by atoms with Crippen LogP contribution in [0.2, 0.25) is 0 Å². The molecule has 0 saturated carbocycles. The third-order valence-electron chi connectivity index (χ3n) is 3.52. The van der Waals surface area contributed by atoms with Crippen molar-refractivity contribution in [2.45, 2.75) is 13.5 Å². The Morgan fingerprint density at radius 2 is 2.16 bits per heavy atom. The fraction of sp³-hybridized carbons (Fsp3) is 0.429. The van der Waals surface area contributed by atoms with Crippen molar-refractivity contribution in [3.05, 3.63) is 30.1 Å². The maximum atomic E-state index is 4.57. The minimum Gasteiger partial charge on any atom is -0.354 e. The minimum absolute atomic E-state index is 0.865. The molecule has 0 saturated heterocycles. The zero-order chi connectivity index (χ0) is 13.2. The first-order valence-corrected chi connectivity index (χ1v) is 6.67. The number of aryl methyl sites for hydroxylation is 1. The number of aromatic nitrogens is 2. The number of imidazole rings is 1. The molecule has 0 bridgehead atoms. The Morgan fingerprint density at radius 1 is 1.32 bits per heavy atom. The van der Waals surface area contributed by atoms with Crippen LogP contribution in [-0.4, -0.2) is 47.1 Å². The summed E-state index contributed by atoms with van der Waals surface area (Å²) in [5.74, 6) is 2.06. The molecule has 0 atom stereocenters. The summed E-state index contributed by atoms with van der Waals surface area (Å²) < 4.78 is 2.25. The molecule has 19 heavy (non-hydrogen) atoms. The van der Waals surface area contributed by atoms with Crippen LogP contribution in [0.3, 0.4) is 0 Å². The minimum atomic E-state index is 0.865. The van der Waals surface area contributed by atoms with E-state index < -0.39 is 0 Å². The normalized spacial score (nSPS) is 15.1. The summed E-state index contributed by atoms with van der Waals surface area (Å²) in [6.07, 6.45) is 0. The van der Waals surface area contributed by atoms with Crippen molar-refractivity contribution in [2.24, 2.45) is 4.99 Å². The van der Waals surface area contributed by atoms with Gasteiger partial charge in [0.1, 0.15) is 5.82 Å². The number of nitrogens with zero attached hydrogens (tertiary/aromatic N) is 4. The maximum Gasteiger partial charge on any atom is 0.193 e. The van der Waals surface area contributed by atoms with Crippen LogP contribution in [0.4, 0.5) is 0 Å². The summed E-state index contributed by atoms with van der Waals surface area (Å²) in [4.78, 5) is 11.2. The number of fused-ring (bicyclic) bond motifs is 1. The van der Waals surface area contributed by atoms with Gasteiger partial charge in [0.2, 0.25) is 0 Å².